The number of methoxy groups -OCH3 is 1. The molecule has 13 heavy (non-hydrogen) atoms. The molecule has 0 aliphatic carbocycles. The average molecular weight is 200 g/mol. The van der Waals surface area contributed by atoms with Gasteiger partial charge in [-0.2, -0.15) is 0 Å². The Bertz CT molecular complexity index is 351. The summed E-state index contributed by atoms with van der Waals surface area (Å²) in [6.45, 7) is 0. The number of nitrogens with zero attached hydrogens (tertiary/aromatic N) is 1. The average Bonchev–Trinajstić information content (AvgIpc) is 2.17. The molecule has 0 radical (unpaired) electrons. The Morgan fingerprint density at radius 2 is 2.23 bits per heavy atom. The molecule has 0 saturated heterocycles. The number of carbonyl (C=O) groups excluding carboxylic acids is 1. The predicted octanol–water partition coefficient (Wildman–Crippen LogP) is 2.52. The number of esters is 1. The molecule has 5 heteroatoms. The third-order valence-electron chi connectivity index (χ3n) is 1.46. The van der Waals surface area contributed by atoms with Crippen LogP contribution in [0.4, 0.5) is 5.69 Å². The highest BCUT2D eigenvalue weighted by molar-refractivity contribution is 6.33. The first kappa shape index (κ1) is 9.67. The van der Waals surface area contributed by atoms with Crippen LogP contribution < -0.4 is 0 Å². The van der Waals surface area contributed by atoms with Crippen molar-refractivity contribution in [1.29, 1.82) is 0 Å². The summed E-state index contributed by atoms with van der Waals surface area (Å²) in [7, 11) is 1.24. The number of hydrogen-bond donors (Lipinski definition) is 0. The fraction of sp³-hybridized carbons (Fsp3) is 0.125. The van der Waals surface area contributed by atoms with Gasteiger partial charge in [0, 0.05) is 0 Å². The van der Waals surface area contributed by atoms with Gasteiger partial charge in [0.1, 0.15) is 5.69 Å². The van der Waals surface area contributed by atoms with E-state index in [9.17, 15) is 9.70 Å². The highest BCUT2D eigenvalue weighted by Crippen LogP contribution is 2.22. The molecule has 0 spiro atoms. The molecule has 0 atom stereocenters. The van der Waals surface area contributed by atoms with E-state index in [1.54, 1.807) is 0 Å². The predicted molar refractivity (Wildman–Crippen MR) is 48.2 cm³/mol. The van der Waals surface area contributed by atoms with E-state index in [0.29, 0.717) is 0 Å². The van der Waals surface area contributed by atoms with Gasteiger partial charge in [-0.15, -0.1) is 4.91 Å². The van der Waals surface area contributed by atoms with Gasteiger partial charge in [0.15, 0.2) is 0 Å². The molecule has 0 aromatic heterocycles. The normalized spacial score (nSPS) is 9.38. The van der Waals surface area contributed by atoms with Gasteiger partial charge in [-0.1, -0.05) is 11.6 Å². The van der Waals surface area contributed by atoms with Crippen LogP contribution in [0.15, 0.2) is 23.4 Å². The first-order chi connectivity index (χ1) is 6.19. The standard InChI is InChI=1S/C8H6ClNO3/c1-13-8(11)6-4-5(10-12)2-3-7(6)9/h2-4H,1H3. The third-order valence-corrected chi connectivity index (χ3v) is 1.79. The Kier molecular flexibility index (Phi) is 2.97. The van der Waals surface area contributed by atoms with Gasteiger partial charge in [-0.25, -0.2) is 4.79 Å². The number of carbonyl (C=O) groups is 1. The monoisotopic (exact) mass is 199 g/mol. The molecule has 1 aromatic carbocycles. The number of halogens is 1. The van der Waals surface area contributed by atoms with Gasteiger partial charge < -0.3 is 4.74 Å². The largest absolute Gasteiger partial charge is 0.465 e. The van der Waals surface area contributed by atoms with Crippen LogP contribution in [0.5, 0.6) is 0 Å². The molecule has 0 aliphatic heterocycles. The van der Waals surface area contributed by atoms with Crippen LogP contribution in [0.3, 0.4) is 0 Å². The Morgan fingerprint density at radius 1 is 1.54 bits per heavy atom. The van der Waals surface area contributed by atoms with Crippen molar-refractivity contribution < 1.29 is 9.53 Å². The topological polar surface area (TPSA) is 55.7 Å². The molecule has 1 rings (SSSR count). The van der Waals surface area contributed by atoms with E-state index in [-0.39, 0.29) is 16.3 Å². The number of rotatable bonds is 2. The molecule has 0 amide bonds. The number of nitroso groups, excluding NO2 is 1. The summed E-state index contributed by atoms with van der Waals surface area (Å²) >= 11 is 5.68. The van der Waals surface area contributed by atoms with E-state index in [0.717, 1.165) is 0 Å². The van der Waals surface area contributed by atoms with Crippen LogP contribution in [0.1, 0.15) is 10.4 Å². The maximum absolute atomic E-state index is 11.1. The quantitative estimate of drug-likeness (QED) is 0.543. The van der Waals surface area contributed by atoms with Crippen LogP contribution in [-0.2, 0) is 4.74 Å². The lowest BCUT2D eigenvalue weighted by molar-refractivity contribution is 0.0601. The summed E-state index contributed by atoms with van der Waals surface area (Å²) in [4.78, 5) is 21.2. The minimum absolute atomic E-state index is 0.140. The van der Waals surface area contributed by atoms with Crippen LogP contribution in [0.2, 0.25) is 5.02 Å². The van der Waals surface area contributed by atoms with E-state index in [4.69, 9.17) is 11.6 Å². The Morgan fingerprint density at radius 3 is 2.77 bits per heavy atom. The first-order valence-electron chi connectivity index (χ1n) is 3.40. The zero-order valence-corrected chi connectivity index (χ0v) is 7.54. The van der Waals surface area contributed by atoms with Crippen LogP contribution in [0.25, 0.3) is 0 Å². The van der Waals surface area contributed by atoms with Crippen molar-refractivity contribution in [2.24, 2.45) is 5.18 Å². The molecule has 0 bridgehead atoms. The molecule has 0 unspecified atom stereocenters. The summed E-state index contributed by atoms with van der Waals surface area (Å²) in [5, 5.41) is 2.91. The van der Waals surface area contributed by atoms with Crippen molar-refractivity contribution in [2.75, 3.05) is 7.11 Å². The number of ether oxygens (including phenoxy) is 1. The summed E-state index contributed by atoms with van der Waals surface area (Å²) < 4.78 is 4.45. The third kappa shape index (κ3) is 2.03. The zero-order chi connectivity index (χ0) is 9.84. The number of benzene rings is 1. The second-order valence-electron chi connectivity index (χ2n) is 2.25. The molecule has 1 aromatic rings. The van der Waals surface area contributed by atoms with E-state index in [2.05, 4.69) is 9.91 Å². The van der Waals surface area contributed by atoms with Gasteiger partial charge in [-0.3, -0.25) is 0 Å². The molecule has 0 saturated carbocycles. The van der Waals surface area contributed by atoms with E-state index in [1.165, 1.54) is 25.3 Å². The first-order valence-corrected chi connectivity index (χ1v) is 3.78. The van der Waals surface area contributed by atoms with Gasteiger partial charge in [0.25, 0.3) is 0 Å². The lowest BCUT2D eigenvalue weighted by Gasteiger charge is -2.01. The smallest absolute Gasteiger partial charge is 0.339 e. The minimum Gasteiger partial charge on any atom is -0.465 e. The Balaban J connectivity index is 3.18. The maximum atomic E-state index is 11.1. The fourth-order valence-electron chi connectivity index (χ4n) is 0.836. The second kappa shape index (κ2) is 4.00. The van der Waals surface area contributed by atoms with Gasteiger partial charge in [0.05, 0.1) is 17.7 Å². The zero-order valence-electron chi connectivity index (χ0n) is 6.78. The van der Waals surface area contributed by atoms with Crippen LogP contribution in [0, 0.1) is 4.91 Å². The molecule has 68 valence electrons. The SMILES string of the molecule is COC(=O)c1cc(N=O)ccc1Cl. The summed E-state index contributed by atoms with van der Waals surface area (Å²) in [6, 6.07) is 4.12. The molecule has 0 N–H and O–H groups in total. The highest BCUT2D eigenvalue weighted by Gasteiger charge is 2.11. The Hall–Kier alpha value is -1.42. The van der Waals surface area contributed by atoms with Crippen molar-refractivity contribution in [3.05, 3.63) is 33.7 Å². The lowest BCUT2D eigenvalue weighted by Crippen LogP contribution is -2.01. The van der Waals surface area contributed by atoms with Gasteiger partial charge in [0.2, 0.25) is 0 Å². The molecular weight excluding hydrogens is 194 g/mol. The fourth-order valence-corrected chi connectivity index (χ4v) is 1.03. The summed E-state index contributed by atoms with van der Waals surface area (Å²) in [6.07, 6.45) is 0. The molecule has 0 fully saturated rings. The van der Waals surface area contributed by atoms with E-state index >= 15 is 0 Å². The van der Waals surface area contributed by atoms with Crippen molar-refractivity contribution in [3.8, 4) is 0 Å². The molecule has 0 heterocycles. The molecular formula is C8H6ClNO3. The summed E-state index contributed by atoms with van der Waals surface area (Å²) in [5.74, 6) is -0.587. The van der Waals surface area contributed by atoms with Crippen molar-refractivity contribution >= 4 is 23.3 Å². The lowest BCUT2D eigenvalue weighted by atomic mass is 10.2. The van der Waals surface area contributed by atoms with Crippen molar-refractivity contribution in [3.63, 3.8) is 0 Å². The van der Waals surface area contributed by atoms with Crippen molar-refractivity contribution in [2.45, 2.75) is 0 Å². The van der Waals surface area contributed by atoms with Crippen molar-refractivity contribution in [1.82, 2.24) is 0 Å². The van der Waals surface area contributed by atoms with Crippen LogP contribution >= 0.6 is 11.6 Å². The summed E-state index contributed by atoms with van der Waals surface area (Å²) in [5.41, 5.74) is 0.283. The molecule has 0 aliphatic rings. The second-order valence-corrected chi connectivity index (χ2v) is 2.65. The number of hydrogen-bond acceptors (Lipinski definition) is 4. The van der Waals surface area contributed by atoms with E-state index < -0.39 is 5.97 Å². The van der Waals surface area contributed by atoms with E-state index in [1.807, 2.05) is 0 Å². The highest BCUT2D eigenvalue weighted by atomic mass is 35.5. The van der Waals surface area contributed by atoms with Crippen LogP contribution in [-0.4, -0.2) is 13.1 Å². The maximum Gasteiger partial charge on any atom is 0.339 e. The molecule has 4 nitrogen and oxygen atoms in total. The minimum atomic E-state index is -0.587. The Labute approximate surface area is 79.4 Å². The van der Waals surface area contributed by atoms with Gasteiger partial charge in [-0.05, 0) is 23.4 Å². The van der Waals surface area contributed by atoms with Gasteiger partial charge >= 0.3 is 5.97 Å².